The first-order chi connectivity index (χ1) is 8.12. The molecule has 0 aliphatic carbocycles. The van der Waals surface area contributed by atoms with Crippen molar-refractivity contribution in [3.63, 3.8) is 0 Å². The Morgan fingerprint density at radius 3 is 2.35 bits per heavy atom. The minimum Gasteiger partial charge on any atom is -0.372 e. The number of hydrogen-bond donors (Lipinski definition) is 1. The van der Waals surface area contributed by atoms with Gasteiger partial charge >= 0.3 is 0 Å². The lowest BCUT2D eigenvalue weighted by Crippen LogP contribution is -2.23. The van der Waals surface area contributed by atoms with Gasteiger partial charge in [-0.1, -0.05) is 28.9 Å². The minimum absolute atomic E-state index is 0.255. The molecule has 0 fully saturated rings. The molecule has 0 aliphatic rings. The normalized spacial score (nSPS) is 12.5. The third kappa shape index (κ3) is 4.00. The number of rotatable bonds is 6. The molecule has 0 heterocycles. The van der Waals surface area contributed by atoms with E-state index >= 15 is 0 Å². The summed E-state index contributed by atoms with van der Waals surface area (Å²) in [5, 5.41) is 0. The third-order valence-electron chi connectivity index (χ3n) is 3.17. The second kappa shape index (κ2) is 7.02. The van der Waals surface area contributed by atoms with E-state index in [1.165, 1.54) is 15.7 Å². The highest BCUT2D eigenvalue weighted by Gasteiger charge is 2.08. The van der Waals surface area contributed by atoms with Crippen molar-refractivity contribution in [1.82, 2.24) is 0 Å². The van der Waals surface area contributed by atoms with Crippen LogP contribution < -0.4 is 10.6 Å². The monoisotopic (exact) mass is 298 g/mol. The molecule has 1 atom stereocenters. The molecule has 1 aromatic carbocycles. The fourth-order valence-electron chi connectivity index (χ4n) is 1.91. The number of anilines is 1. The van der Waals surface area contributed by atoms with Gasteiger partial charge in [0.25, 0.3) is 0 Å². The molecule has 0 saturated heterocycles. The largest absolute Gasteiger partial charge is 0.372 e. The number of hydrogen-bond acceptors (Lipinski definition) is 2. The Kier molecular flexibility index (Phi) is 6.00. The van der Waals surface area contributed by atoms with E-state index in [1.54, 1.807) is 0 Å². The fraction of sp³-hybridized carbons (Fsp3) is 0.571. The molecule has 0 spiro atoms. The van der Waals surface area contributed by atoms with Gasteiger partial charge in [0.2, 0.25) is 0 Å². The summed E-state index contributed by atoms with van der Waals surface area (Å²) < 4.78 is 1.17. The number of benzene rings is 1. The van der Waals surface area contributed by atoms with E-state index in [4.69, 9.17) is 5.73 Å². The van der Waals surface area contributed by atoms with Gasteiger partial charge < -0.3 is 10.6 Å². The molecule has 0 radical (unpaired) electrons. The lowest BCUT2D eigenvalue weighted by atomic mass is 10.0. The second-order valence-electron chi connectivity index (χ2n) is 4.32. The van der Waals surface area contributed by atoms with Crippen molar-refractivity contribution in [3.05, 3.63) is 28.2 Å². The van der Waals surface area contributed by atoms with E-state index in [9.17, 15) is 0 Å². The van der Waals surface area contributed by atoms with Crippen LogP contribution >= 0.6 is 15.9 Å². The summed E-state index contributed by atoms with van der Waals surface area (Å²) in [6.45, 7) is 8.56. The molecule has 0 aliphatic heterocycles. The standard InChI is InChI=1S/C14H23BrN2/c1-4-12(16)9-11-7-8-13(10-14(11)15)17(5-2)6-3/h7-8,10,12H,4-6,9,16H2,1-3H3. The van der Waals surface area contributed by atoms with Crippen LogP contribution in [-0.4, -0.2) is 19.1 Å². The van der Waals surface area contributed by atoms with Gasteiger partial charge in [0.1, 0.15) is 0 Å². The molecule has 0 amide bonds. The molecule has 3 heteroatoms. The maximum absolute atomic E-state index is 5.99. The zero-order chi connectivity index (χ0) is 12.8. The quantitative estimate of drug-likeness (QED) is 0.870. The van der Waals surface area contributed by atoms with Crippen molar-refractivity contribution in [1.29, 1.82) is 0 Å². The predicted octanol–water partition coefficient (Wildman–Crippen LogP) is 3.58. The Hall–Kier alpha value is -0.540. The Bertz CT molecular complexity index is 348. The maximum atomic E-state index is 5.99. The Balaban J connectivity index is 2.85. The number of nitrogens with zero attached hydrogens (tertiary/aromatic N) is 1. The van der Waals surface area contributed by atoms with Gasteiger partial charge in [-0.15, -0.1) is 0 Å². The van der Waals surface area contributed by atoms with Gasteiger partial charge in [0.05, 0.1) is 0 Å². The zero-order valence-electron chi connectivity index (χ0n) is 11.0. The van der Waals surface area contributed by atoms with Gasteiger partial charge in [0, 0.05) is 29.3 Å². The van der Waals surface area contributed by atoms with Crippen molar-refractivity contribution >= 4 is 21.6 Å². The first kappa shape index (κ1) is 14.5. The zero-order valence-corrected chi connectivity index (χ0v) is 12.6. The first-order valence-electron chi connectivity index (χ1n) is 6.41. The summed E-state index contributed by atoms with van der Waals surface area (Å²) in [4.78, 5) is 2.34. The molecule has 17 heavy (non-hydrogen) atoms. The highest BCUT2D eigenvalue weighted by molar-refractivity contribution is 9.10. The van der Waals surface area contributed by atoms with Crippen molar-refractivity contribution in [3.8, 4) is 0 Å². The summed E-state index contributed by atoms with van der Waals surface area (Å²) in [7, 11) is 0. The summed E-state index contributed by atoms with van der Waals surface area (Å²) in [5.74, 6) is 0. The van der Waals surface area contributed by atoms with Crippen LogP contribution in [0.25, 0.3) is 0 Å². The van der Waals surface area contributed by atoms with E-state index in [0.717, 1.165) is 25.9 Å². The molecule has 0 saturated carbocycles. The van der Waals surface area contributed by atoms with Crippen LogP contribution in [0.3, 0.4) is 0 Å². The highest BCUT2D eigenvalue weighted by atomic mass is 79.9. The van der Waals surface area contributed by atoms with Crippen molar-refractivity contribution in [2.45, 2.75) is 39.7 Å². The summed E-state index contributed by atoms with van der Waals surface area (Å²) in [6, 6.07) is 6.83. The lowest BCUT2D eigenvalue weighted by molar-refractivity contribution is 0.645. The molecule has 1 rings (SSSR count). The molecule has 1 unspecified atom stereocenters. The van der Waals surface area contributed by atoms with Crippen molar-refractivity contribution < 1.29 is 0 Å². The van der Waals surface area contributed by atoms with Gasteiger partial charge in [-0.3, -0.25) is 0 Å². The summed E-state index contributed by atoms with van der Waals surface area (Å²) >= 11 is 3.65. The van der Waals surface area contributed by atoms with Gasteiger partial charge in [-0.2, -0.15) is 0 Å². The van der Waals surface area contributed by atoms with Crippen molar-refractivity contribution in [2.75, 3.05) is 18.0 Å². The van der Waals surface area contributed by atoms with E-state index in [0.29, 0.717) is 0 Å². The number of halogens is 1. The van der Waals surface area contributed by atoms with E-state index in [-0.39, 0.29) is 6.04 Å². The Labute approximate surface area is 113 Å². The van der Waals surface area contributed by atoms with Crippen LogP contribution in [0.2, 0.25) is 0 Å². The van der Waals surface area contributed by atoms with Gasteiger partial charge in [0.15, 0.2) is 0 Å². The fourth-order valence-corrected chi connectivity index (χ4v) is 2.44. The topological polar surface area (TPSA) is 29.3 Å². The smallest absolute Gasteiger partial charge is 0.0377 e. The molecular weight excluding hydrogens is 276 g/mol. The SMILES string of the molecule is CCC(N)Cc1ccc(N(CC)CC)cc1Br. The van der Waals surface area contributed by atoms with Crippen LogP contribution in [0.4, 0.5) is 5.69 Å². The molecule has 96 valence electrons. The highest BCUT2D eigenvalue weighted by Crippen LogP contribution is 2.25. The van der Waals surface area contributed by atoms with E-state index in [2.05, 4.69) is 59.8 Å². The molecular formula is C14H23BrN2. The van der Waals surface area contributed by atoms with Crippen LogP contribution in [0.15, 0.2) is 22.7 Å². The van der Waals surface area contributed by atoms with E-state index < -0.39 is 0 Å². The average molecular weight is 299 g/mol. The maximum Gasteiger partial charge on any atom is 0.0377 e. The third-order valence-corrected chi connectivity index (χ3v) is 3.91. The first-order valence-corrected chi connectivity index (χ1v) is 7.20. The number of nitrogens with two attached hydrogens (primary N) is 1. The summed E-state index contributed by atoms with van der Waals surface area (Å²) in [6.07, 6.45) is 1.96. The van der Waals surface area contributed by atoms with Gasteiger partial charge in [-0.25, -0.2) is 0 Å². The van der Waals surface area contributed by atoms with E-state index in [1.807, 2.05) is 0 Å². The molecule has 0 bridgehead atoms. The second-order valence-corrected chi connectivity index (χ2v) is 5.17. The average Bonchev–Trinajstić information content (AvgIpc) is 2.33. The van der Waals surface area contributed by atoms with Gasteiger partial charge in [-0.05, 0) is 44.4 Å². The molecule has 1 aromatic rings. The van der Waals surface area contributed by atoms with Crippen LogP contribution in [0.1, 0.15) is 32.8 Å². The Morgan fingerprint density at radius 2 is 1.88 bits per heavy atom. The van der Waals surface area contributed by atoms with Crippen LogP contribution in [-0.2, 0) is 6.42 Å². The molecule has 2 N–H and O–H groups in total. The minimum atomic E-state index is 0.255. The molecule has 0 aromatic heterocycles. The molecule has 2 nitrogen and oxygen atoms in total. The predicted molar refractivity (Wildman–Crippen MR) is 79.7 cm³/mol. The lowest BCUT2D eigenvalue weighted by Gasteiger charge is -2.22. The summed E-state index contributed by atoms with van der Waals surface area (Å²) in [5.41, 5.74) is 8.57. The van der Waals surface area contributed by atoms with Crippen LogP contribution in [0.5, 0.6) is 0 Å². The van der Waals surface area contributed by atoms with Crippen molar-refractivity contribution in [2.24, 2.45) is 5.73 Å². The Morgan fingerprint density at radius 1 is 1.24 bits per heavy atom. The van der Waals surface area contributed by atoms with Crippen LogP contribution in [0, 0.1) is 0 Å².